The van der Waals surface area contributed by atoms with Crippen LogP contribution >= 0.6 is 15.9 Å². The third kappa shape index (κ3) is 5.34. The molecule has 4 heteroatoms. The SMILES string of the molecule is C=CCCNCC=CCOc1ccc(C(O)(c2ccc(Br)cc2)C2CC2)cc1. The van der Waals surface area contributed by atoms with Crippen molar-refractivity contribution < 1.29 is 9.84 Å². The smallest absolute Gasteiger partial charge is 0.119 e. The van der Waals surface area contributed by atoms with Gasteiger partial charge in [0.25, 0.3) is 0 Å². The molecule has 2 aromatic carbocycles. The Labute approximate surface area is 176 Å². The van der Waals surface area contributed by atoms with E-state index in [0.29, 0.717) is 6.61 Å². The second kappa shape index (κ2) is 10.1. The van der Waals surface area contributed by atoms with E-state index in [1.165, 1.54) is 0 Å². The van der Waals surface area contributed by atoms with Gasteiger partial charge in [-0.05, 0) is 67.1 Å². The Bertz CT molecular complexity index is 781. The predicted octanol–water partition coefficient (Wildman–Crippen LogP) is 5.20. The first kappa shape index (κ1) is 20.8. The second-order valence-corrected chi connectivity index (χ2v) is 8.05. The van der Waals surface area contributed by atoms with Crippen molar-refractivity contribution in [2.45, 2.75) is 24.9 Å². The average molecular weight is 442 g/mol. The van der Waals surface area contributed by atoms with E-state index in [9.17, 15) is 5.11 Å². The molecule has 1 aliphatic carbocycles. The van der Waals surface area contributed by atoms with Crippen LogP contribution in [-0.4, -0.2) is 24.8 Å². The molecule has 1 unspecified atom stereocenters. The normalized spacial score (nSPS) is 16.1. The van der Waals surface area contributed by atoms with Crippen molar-refractivity contribution in [1.29, 1.82) is 0 Å². The van der Waals surface area contributed by atoms with Gasteiger partial charge in [0.1, 0.15) is 18.0 Å². The maximum absolute atomic E-state index is 11.5. The summed E-state index contributed by atoms with van der Waals surface area (Å²) in [5.74, 6) is 1.08. The Morgan fingerprint density at radius 3 is 2.32 bits per heavy atom. The largest absolute Gasteiger partial charge is 0.490 e. The number of nitrogens with one attached hydrogen (secondary N) is 1. The first-order valence-electron chi connectivity index (χ1n) is 9.83. The lowest BCUT2D eigenvalue weighted by molar-refractivity contribution is 0.0564. The van der Waals surface area contributed by atoms with Crippen LogP contribution < -0.4 is 10.1 Å². The molecular weight excluding hydrogens is 414 g/mol. The van der Waals surface area contributed by atoms with E-state index >= 15 is 0 Å². The molecular formula is C24H28BrNO2. The first-order chi connectivity index (χ1) is 13.6. The monoisotopic (exact) mass is 441 g/mol. The van der Waals surface area contributed by atoms with E-state index in [1.807, 2.05) is 60.7 Å². The highest BCUT2D eigenvalue weighted by Crippen LogP contribution is 2.49. The first-order valence-corrected chi connectivity index (χ1v) is 10.6. The van der Waals surface area contributed by atoms with Gasteiger partial charge in [0.2, 0.25) is 0 Å². The molecule has 28 heavy (non-hydrogen) atoms. The molecule has 148 valence electrons. The molecule has 1 atom stereocenters. The molecule has 1 fully saturated rings. The van der Waals surface area contributed by atoms with Crippen LogP contribution in [0.1, 0.15) is 30.4 Å². The Hall–Kier alpha value is -1.88. The van der Waals surface area contributed by atoms with E-state index in [1.54, 1.807) is 0 Å². The van der Waals surface area contributed by atoms with Gasteiger partial charge in [0.15, 0.2) is 0 Å². The zero-order chi connectivity index (χ0) is 19.8. The highest BCUT2D eigenvalue weighted by molar-refractivity contribution is 9.10. The number of halogens is 1. The van der Waals surface area contributed by atoms with Crippen LogP contribution in [0, 0.1) is 5.92 Å². The Kier molecular flexibility index (Phi) is 7.49. The second-order valence-electron chi connectivity index (χ2n) is 7.14. The van der Waals surface area contributed by atoms with E-state index in [-0.39, 0.29) is 5.92 Å². The summed E-state index contributed by atoms with van der Waals surface area (Å²) in [7, 11) is 0. The zero-order valence-corrected chi connectivity index (χ0v) is 17.7. The quantitative estimate of drug-likeness (QED) is 0.372. The molecule has 0 amide bonds. The summed E-state index contributed by atoms with van der Waals surface area (Å²) in [4.78, 5) is 0. The van der Waals surface area contributed by atoms with E-state index in [2.05, 4.69) is 33.9 Å². The molecule has 0 radical (unpaired) electrons. The minimum Gasteiger partial charge on any atom is -0.490 e. The van der Waals surface area contributed by atoms with Gasteiger partial charge < -0.3 is 15.2 Å². The van der Waals surface area contributed by atoms with Crippen LogP contribution in [0.5, 0.6) is 5.75 Å². The summed E-state index contributed by atoms with van der Waals surface area (Å²) in [5.41, 5.74) is 0.932. The van der Waals surface area contributed by atoms with Crippen LogP contribution in [0.4, 0.5) is 0 Å². The van der Waals surface area contributed by atoms with Gasteiger partial charge in [-0.1, -0.05) is 58.4 Å². The van der Waals surface area contributed by atoms with Crippen molar-refractivity contribution in [1.82, 2.24) is 5.32 Å². The zero-order valence-electron chi connectivity index (χ0n) is 16.1. The molecule has 3 nitrogen and oxygen atoms in total. The Morgan fingerprint density at radius 1 is 1.07 bits per heavy atom. The van der Waals surface area contributed by atoms with Gasteiger partial charge >= 0.3 is 0 Å². The van der Waals surface area contributed by atoms with Crippen molar-refractivity contribution in [2.75, 3.05) is 19.7 Å². The molecule has 0 bridgehead atoms. The molecule has 0 aromatic heterocycles. The molecule has 0 saturated heterocycles. The lowest BCUT2D eigenvalue weighted by Gasteiger charge is -2.30. The number of aliphatic hydroxyl groups is 1. The third-order valence-electron chi connectivity index (χ3n) is 5.05. The van der Waals surface area contributed by atoms with Crippen LogP contribution in [0.25, 0.3) is 0 Å². The van der Waals surface area contributed by atoms with Crippen LogP contribution in [0.15, 0.2) is 77.8 Å². The number of benzene rings is 2. The standard InChI is InChI=1S/C24H28BrNO2/c1-2-3-16-26-17-4-5-18-28-23-14-10-21(11-15-23)24(27,19-6-7-19)20-8-12-22(25)13-9-20/h2,4-5,8-15,19,26-27H,1,3,6-7,16-18H2. The fourth-order valence-electron chi connectivity index (χ4n) is 3.33. The van der Waals surface area contributed by atoms with Gasteiger partial charge in [0.05, 0.1) is 0 Å². The summed E-state index contributed by atoms with van der Waals surface area (Å²) in [6.07, 6.45) is 9.07. The van der Waals surface area contributed by atoms with Crippen LogP contribution in [0.2, 0.25) is 0 Å². The maximum atomic E-state index is 11.5. The average Bonchev–Trinajstić information content (AvgIpc) is 3.56. The van der Waals surface area contributed by atoms with Gasteiger partial charge in [-0.2, -0.15) is 0 Å². The summed E-state index contributed by atoms with van der Waals surface area (Å²) in [5, 5.41) is 14.8. The fraction of sp³-hybridized carbons (Fsp3) is 0.333. The lowest BCUT2D eigenvalue weighted by Crippen LogP contribution is -2.29. The van der Waals surface area contributed by atoms with Crippen molar-refractivity contribution in [2.24, 2.45) is 5.92 Å². The molecule has 0 heterocycles. The number of rotatable bonds is 11. The lowest BCUT2D eigenvalue weighted by atomic mass is 9.82. The van der Waals surface area contributed by atoms with Crippen molar-refractivity contribution in [3.63, 3.8) is 0 Å². The number of ether oxygens (including phenoxy) is 1. The van der Waals surface area contributed by atoms with E-state index < -0.39 is 5.60 Å². The van der Waals surface area contributed by atoms with Gasteiger partial charge in [0, 0.05) is 11.0 Å². The minimum atomic E-state index is -0.934. The van der Waals surface area contributed by atoms with E-state index in [0.717, 1.165) is 53.7 Å². The minimum absolute atomic E-state index is 0.275. The molecule has 1 aliphatic rings. The highest BCUT2D eigenvalue weighted by atomic mass is 79.9. The predicted molar refractivity (Wildman–Crippen MR) is 119 cm³/mol. The molecule has 1 saturated carbocycles. The highest BCUT2D eigenvalue weighted by Gasteiger charge is 2.46. The molecule has 3 rings (SSSR count). The van der Waals surface area contributed by atoms with E-state index in [4.69, 9.17) is 4.74 Å². The third-order valence-corrected chi connectivity index (χ3v) is 5.58. The Morgan fingerprint density at radius 2 is 1.71 bits per heavy atom. The maximum Gasteiger partial charge on any atom is 0.119 e. The molecule has 2 N–H and O–H groups in total. The van der Waals surface area contributed by atoms with Crippen LogP contribution in [-0.2, 0) is 5.60 Å². The summed E-state index contributed by atoms with van der Waals surface area (Å²) in [6.45, 7) is 6.00. The van der Waals surface area contributed by atoms with Crippen LogP contribution in [0.3, 0.4) is 0 Å². The molecule has 0 aliphatic heterocycles. The number of hydrogen-bond donors (Lipinski definition) is 2. The van der Waals surface area contributed by atoms with Crippen molar-refractivity contribution in [3.05, 3.63) is 88.9 Å². The Balaban J connectivity index is 1.59. The fourth-order valence-corrected chi connectivity index (χ4v) is 3.60. The summed E-state index contributed by atoms with van der Waals surface area (Å²) < 4.78 is 6.80. The number of hydrogen-bond acceptors (Lipinski definition) is 3. The summed E-state index contributed by atoms with van der Waals surface area (Å²) in [6, 6.07) is 15.8. The summed E-state index contributed by atoms with van der Waals surface area (Å²) >= 11 is 3.47. The van der Waals surface area contributed by atoms with Gasteiger partial charge in [-0.25, -0.2) is 0 Å². The van der Waals surface area contributed by atoms with Crippen molar-refractivity contribution >= 4 is 15.9 Å². The molecule has 2 aromatic rings. The van der Waals surface area contributed by atoms with Crippen molar-refractivity contribution in [3.8, 4) is 5.75 Å². The topological polar surface area (TPSA) is 41.5 Å². The van der Waals surface area contributed by atoms with Gasteiger partial charge in [-0.3, -0.25) is 0 Å². The molecule has 0 spiro atoms. The van der Waals surface area contributed by atoms with Gasteiger partial charge in [-0.15, -0.1) is 6.58 Å².